The SMILES string of the molecule is Cl.N=C1SCC(CO)S1. The van der Waals surface area contributed by atoms with Crippen LogP contribution in [0.4, 0.5) is 0 Å². The summed E-state index contributed by atoms with van der Waals surface area (Å²) in [5.74, 6) is 0.903. The molecule has 2 nitrogen and oxygen atoms in total. The van der Waals surface area contributed by atoms with Gasteiger partial charge < -0.3 is 5.11 Å². The summed E-state index contributed by atoms with van der Waals surface area (Å²) in [5.41, 5.74) is 0. The zero-order valence-electron chi connectivity index (χ0n) is 4.66. The van der Waals surface area contributed by atoms with Crippen LogP contribution in [0.3, 0.4) is 0 Å². The van der Waals surface area contributed by atoms with Crippen LogP contribution in [0.5, 0.6) is 0 Å². The molecule has 1 fully saturated rings. The van der Waals surface area contributed by atoms with Gasteiger partial charge in [0.15, 0.2) is 0 Å². The summed E-state index contributed by atoms with van der Waals surface area (Å²) in [5, 5.41) is 15.9. The fourth-order valence-electron chi connectivity index (χ4n) is 0.478. The Balaban J connectivity index is 0.000000640. The predicted molar refractivity (Wildman–Crippen MR) is 45.9 cm³/mol. The lowest BCUT2D eigenvalue weighted by molar-refractivity contribution is 0.302. The van der Waals surface area contributed by atoms with Crippen molar-refractivity contribution in [1.29, 1.82) is 5.41 Å². The van der Waals surface area contributed by atoms with Gasteiger partial charge in [-0.2, -0.15) is 0 Å². The number of aliphatic hydroxyl groups excluding tert-OH is 1. The summed E-state index contributed by atoms with van der Waals surface area (Å²) in [7, 11) is 0. The van der Waals surface area contributed by atoms with Crippen LogP contribution < -0.4 is 0 Å². The van der Waals surface area contributed by atoms with Crippen LogP contribution >= 0.6 is 35.9 Å². The smallest absolute Gasteiger partial charge is 0.122 e. The van der Waals surface area contributed by atoms with Gasteiger partial charge in [0.2, 0.25) is 0 Å². The number of rotatable bonds is 1. The molecular formula is C4H8ClNOS2. The summed E-state index contributed by atoms with van der Waals surface area (Å²) >= 11 is 2.98. The second-order valence-electron chi connectivity index (χ2n) is 1.52. The van der Waals surface area contributed by atoms with Gasteiger partial charge in [-0.25, -0.2) is 0 Å². The standard InChI is InChI=1S/C4H7NOS2.ClH/c5-4-7-2-3(1-6)8-4;/h3,5-6H,1-2H2;1H. The van der Waals surface area contributed by atoms with E-state index >= 15 is 0 Å². The van der Waals surface area contributed by atoms with Gasteiger partial charge in [-0.3, -0.25) is 5.41 Å². The highest BCUT2D eigenvalue weighted by molar-refractivity contribution is 8.41. The van der Waals surface area contributed by atoms with Crippen molar-refractivity contribution in [3.63, 3.8) is 0 Å². The fraction of sp³-hybridized carbons (Fsp3) is 0.750. The second kappa shape index (κ2) is 4.44. The van der Waals surface area contributed by atoms with E-state index in [1.165, 1.54) is 23.5 Å². The number of hydrogen-bond donors (Lipinski definition) is 2. The minimum Gasteiger partial charge on any atom is -0.395 e. The van der Waals surface area contributed by atoms with Crippen molar-refractivity contribution in [2.24, 2.45) is 0 Å². The Labute approximate surface area is 68.7 Å². The molecular weight excluding hydrogens is 178 g/mol. The molecule has 1 saturated heterocycles. The number of hydrogen-bond acceptors (Lipinski definition) is 4. The van der Waals surface area contributed by atoms with Crippen LogP contribution in [-0.4, -0.2) is 27.1 Å². The van der Waals surface area contributed by atoms with E-state index < -0.39 is 0 Å². The molecule has 0 bridgehead atoms. The van der Waals surface area contributed by atoms with Crippen molar-refractivity contribution in [2.45, 2.75) is 5.25 Å². The minimum atomic E-state index is 0. The van der Waals surface area contributed by atoms with Crippen molar-refractivity contribution >= 4 is 40.3 Å². The van der Waals surface area contributed by atoms with Crippen LogP contribution in [0.25, 0.3) is 0 Å². The molecule has 0 aromatic carbocycles. The molecule has 9 heavy (non-hydrogen) atoms. The zero-order valence-corrected chi connectivity index (χ0v) is 7.11. The highest BCUT2D eigenvalue weighted by Crippen LogP contribution is 2.30. The largest absolute Gasteiger partial charge is 0.395 e. The summed E-state index contributed by atoms with van der Waals surface area (Å²) in [6.45, 7) is 0.208. The monoisotopic (exact) mass is 185 g/mol. The predicted octanol–water partition coefficient (Wildman–Crippen LogP) is 1.18. The number of aliphatic hydroxyl groups is 1. The summed E-state index contributed by atoms with van der Waals surface area (Å²) in [4.78, 5) is 0. The van der Waals surface area contributed by atoms with Crippen molar-refractivity contribution in [2.75, 3.05) is 12.4 Å². The van der Waals surface area contributed by atoms with Gasteiger partial charge in [0.1, 0.15) is 4.38 Å². The van der Waals surface area contributed by atoms with Gasteiger partial charge in [0, 0.05) is 11.0 Å². The van der Waals surface area contributed by atoms with Crippen LogP contribution in [0, 0.1) is 5.41 Å². The van der Waals surface area contributed by atoms with E-state index in [-0.39, 0.29) is 24.3 Å². The topological polar surface area (TPSA) is 44.1 Å². The summed E-state index contributed by atoms with van der Waals surface area (Å²) in [6, 6.07) is 0. The van der Waals surface area contributed by atoms with E-state index in [0.717, 1.165) is 5.75 Å². The van der Waals surface area contributed by atoms with Gasteiger partial charge in [-0.15, -0.1) is 12.4 Å². The molecule has 1 rings (SSSR count). The van der Waals surface area contributed by atoms with Gasteiger partial charge in [0.25, 0.3) is 0 Å². The van der Waals surface area contributed by atoms with E-state index in [0.29, 0.717) is 4.38 Å². The van der Waals surface area contributed by atoms with Crippen LogP contribution in [0.2, 0.25) is 0 Å². The van der Waals surface area contributed by atoms with Crippen molar-refractivity contribution < 1.29 is 5.11 Å². The Morgan fingerprint density at radius 3 is 2.67 bits per heavy atom. The van der Waals surface area contributed by atoms with E-state index in [1.54, 1.807) is 0 Å². The first-order chi connectivity index (χ1) is 3.83. The molecule has 1 aliphatic rings. The van der Waals surface area contributed by atoms with Crippen molar-refractivity contribution in [1.82, 2.24) is 0 Å². The van der Waals surface area contributed by atoms with Crippen LogP contribution in [-0.2, 0) is 0 Å². The van der Waals surface area contributed by atoms with Gasteiger partial charge in [-0.05, 0) is 0 Å². The van der Waals surface area contributed by atoms with Gasteiger partial charge >= 0.3 is 0 Å². The molecule has 0 spiro atoms. The molecule has 1 unspecified atom stereocenters. The molecule has 0 amide bonds. The molecule has 0 aromatic heterocycles. The van der Waals surface area contributed by atoms with Crippen LogP contribution in [0.1, 0.15) is 0 Å². The Morgan fingerprint density at radius 1 is 1.78 bits per heavy atom. The third-order valence-electron chi connectivity index (χ3n) is 0.878. The average Bonchev–Trinajstić information content (AvgIpc) is 2.14. The molecule has 0 aromatic rings. The van der Waals surface area contributed by atoms with E-state index in [1.807, 2.05) is 0 Å². The zero-order chi connectivity index (χ0) is 5.98. The number of halogens is 1. The third-order valence-corrected chi connectivity index (χ3v) is 3.43. The van der Waals surface area contributed by atoms with Crippen molar-refractivity contribution in [3.05, 3.63) is 0 Å². The molecule has 0 saturated carbocycles. The quantitative estimate of drug-likeness (QED) is 0.645. The normalized spacial score (nSPS) is 25.9. The van der Waals surface area contributed by atoms with E-state index in [2.05, 4.69) is 0 Å². The maximum atomic E-state index is 8.55. The highest BCUT2D eigenvalue weighted by Gasteiger charge is 2.19. The third kappa shape index (κ3) is 2.80. The summed E-state index contributed by atoms with van der Waals surface area (Å²) < 4.78 is 0.643. The molecule has 1 atom stereocenters. The first-order valence-electron chi connectivity index (χ1n) is 2.32. The lowest BCUT2D eigenvalue weighted by Crippen LogP contribution is -2.05. The Kier molecular flexibility index (Phi) is 4.74. The molecule has 1 heterocycles. The second-order valence-corrected chi connectivity index (χ2v) is 4.12. The molecule has 2 N–H and O–H groups in total. The van der Waals surface area contributed by atoms with Gasteiger partial charge in [0.05, 0.1) is 6.61 Å². The number of thioether (sulfide) groups is 2. The Morgan fingerprint density at radius 2 is 2.44 bits per heavy atom. The minimum absolute atomic E-state index is 0. The molecule has 1 aliphatic heterocycles. The molecule has 0 aliphatic carbocycles. The lowest BCUT2D eigenvalue weighted by atomic mass is 10.5. The van der Waals surface area contributed by atoms with E-state index in [4.69, 9.17) is 10.5 Å². The van der Waals surface area contributed by atoms with Crippen molar-refractivity contribution in [3.8, 4) is 0 Å². The lowest BCUT2D eigenvalue weighted by Gasteiger charge is -1.96. The highest BCUT2D eigenvalue weighted by atomic mass is 35.5. The Bertz CT molecular complexity index is 111. The fourth-order valence-corrected chi connectivity index (χ4v) is 2.66. The summed E-state index contributed by atoms with van der Waals surface area (Å²) in [6.07, 6.45) is 0. The molecule has 0 radical (unpaired) electrons. The average molecular weight is 186 g/mol. The first kappa shape index (κ1) is 9.62. The number of nitrogens with one attached hydrogen (secondary N) is 1. The van der Waals surface area contributed by atoms with Gasteiger partial charge in [-0.1, -0.05) is 23.5 Å². The molecule has 54 valence electrons. The van der Waals surface area contributed by atoms with E-state index in [9.17, 15) is 0 Å². The maximum Gasteiger partial charge on any atom is 0.122 e. The Hall–Kier alpha value is 0.620. The van der Waals surface area contributed by atoms with Crippen LogP contribution in [0.15, 0.2) is 0 Å². The first-order valence-corrected chi connectivity index (χ1v) is 4.18. The molecule has 5 heteroatoms. The maximum absolute atomic E-state index is 8.55.